The molecule has 48 valence electrons. The highest BCUT2D eigenvalue weighted by molar-refractivity contribution is 7.78. The van der Waals surface area contributed by atoms with Crippen LogP contribution in [0.4, 0.5) is 0 Å². The van der Waals surface area contributed by atoms with Crippen molar-refractivity contribution in [3.05, 3.63) is 0 Å². The van der Waals surface area contributed by atoms with Gasteiger partial charge >= 0.3 is 0 Å². The molecule has 0 rings (SSSR count). The van der Waals surface area contributed by atoms with Crippen LogP contribution in [-0.2, 0) is 12.8 Å². The van der Waals surface area contributed by atoms with Gasteiger partial charge in [-0.3, -0.25) is 3.98 Å². The van der Waals surface area contributed by atoms with Crippen molar-refractivity contribution in [2.75, 3.05) is 13.1 Å². The molecule has 2 nitrogen and oxygen atoms in total. The van der Waals surface area contributed by atoms with E-state index in [9.17, 15) is 0 Å². The maximum Gasteiger partial charge on any atom is 0.232 e. The number of rotatable bonds is 3. The van der Waals surface area contributed by atoms with Crippen molar-refractivity contribution in [1.29, 1.82) is 0 Å². The van der Waals surface area contributed by atoms with E-state index in [-0.39, 0.29) is 0 Å². The Bertz CT molecular complexity index is 176. The van der Waals surface area contributed by atoms with Gasteiger partial charge in [0.05, 0.1) is 5.16 Å². The molecule has 0 aliphatic rings. The van der Waals surface area contributed by atoms with Gasteiger partial charge in [0.25, 0.3) is 0 Å². The topological polar surface area (TPSA) is 15.4 Å². The Hall–Kier alpha value is -0.180. The molecular weight excluding hydrogens is 172 g/mol. The van der Waals surface area contributed by atoms with E-state index in [1.54, 1.807) is 0 Å². The number of isothiocyanates is 2. The molecule has 0 unspecified atom stereocenters. The highest BCUT2D eigenvalue weighted by atomic mass is 32.1. The van der Waals surface area contributed by atoms with Crippen molar-refractivity contribution in [1.82, 2.24) is 0 Å². The summed E-state index contributed by atoms with van der Waals surface area (Å²) in [5.41, 5.74) is 0. The van der Waals surface area contributed by atoms with Crippen molar-refractivity contribution in [2.45, 2.75) is 0 Å². The summed E-state index contributed by atoms with van der Waals surface area (Å²) in [4.78, 5) is 3.63. The lowest BCUT2D eigenvalue weighted by atomic mass is 10.7. The van der Waals surface area contributed by atoms with E-state index in [2.05, 4.69) is 52.6 Å². The molecule has 0 bridgehead atoms. The average molecular weight is 176 g/mol. The Kier molecular flexibility index (Phi) is 5.83. The van der Waals surface area contributed by atoms with Gasteiger partial charge in [-0.25, -0.2) is 4.99 Å². The molecule has 0 atom stereocenters. The molecule has 0 aromatic rings. The van der Waals surface area contributed by atoms with Crippen molar-refractivity contribution >= 4 is 47.6 Å². The quantitative estimate of drug-likeness (QED) is 0.272. The zero-order valence-electron chi connectivity index (χ0n) is 4.53. The Morgan fingerprint density at radius 2 is 2.22 bits per heavy atom. The Labute approximate surface area is 69.8 Å². The van der Waals surface area contributed by atoms with E-state index < -0.39 is 0 Å². The molecule has 0 amide bonds. The van der Waals surface area contributed by atoms with Crippen LogP contribution in [0, 0.1) is 0 Å². The first-order valence-electron chi connectivity index (χ1n) is 2.17. The lowest BCUT2D eigenvalue weighted by Crippen LogP contribution is -2.05. The molecule has 0 aromatic heterocycles. The summed E-state index contributed by atoms with van der Waals surface area (Å²) >= 11 is 13.4. The van der Waals surface area contributed by atoms with Crippen molar-refractivity contribution in [3.8, 4) is 0 Å². The predicted molar refractivity (Wildman–Crippen MR) is 45.0 cm³/mol. The average Bonchev–Trinajstić information content (AvgIpc) is 1.89. The summed E-state index contributed by atoms with van der Waals surface area (Å²) in [5.74, 6) is 0. The van der Waals surface area contributed by atoms with Gasteiger partial charge in [-0.15, -0.1) is 0 Å². The fourth-order valence-corrected chi connectivity index (χ4v) is 0.496. The van der Waals surface area contributed by atoms with Gasteiger partial charge in [-0.1, -0.05) is 0 Å². The van der Waals surface area contributed by atoms with Gasteiger partial charge in [-0.2, -0.15) is 0 Å². The number of hydrogen-bond donors (Lipinski definition) is 0. The molecule has 0 spiro atoms. The minimum atomic E-state index is 0.538. The first-order valence-corrected chi connectivity index (χ1v) is 3.35. The minimum Gasteiger partial charge on any atom is -0.421 e. The minimum absolute atomic E-state index is 0.538. The monoisotopic (exact) mass is 176 g/mol. The molecule has 0 aromatic carbocycles. The van der Waals surface area contributed by atoms with Gasteiger partial charge in [0, 0.05) is 12.2 Å². The Morgan fingerprint density at radius 1 is 1.56 bits per heavy atom. The SMILES string of the molecule is S=C=NCC[N+]([S-])=C=S. The van der Waals surface area contributed by atoms with Crippen molar-refractivity contribution in [3.63, 3.8) is 0 Å². The second-order valence-corrected chi connectivity index (χ2v) is 1.97. The molecule has 0 saturated heterocycles. The van der Waals surface area contributed by atoms with Crippen LogP contribution in [0.2, 0.25) is 0 Å². The fraction of sp³-hybridized carbons (Fsp3) is 0.500. The summed E-state index contributed by atoms with van der Waals surface area (Å²) in [7, 11) is 0. The van der Waals surface area contributed by atoms with Crippen LogP contribution >= 0.6 is 24.4 Å². The van der Waals surface area contributed by atoms with Gasteiger partial charge in [0.2, 0.25) is 5.16 Å². The molecule has 0 heterocycles. The second-order valence-electron chi connectivity index (χ2n) is 1.17. The number of hydrogen-bond acceptors (Lipinski definition) is 4. The third kappa shape index (κ3) is 5.69. The molecule has 0 radical (unpaired) electrons. The molecule has 5 heteroatoms. The molecule has 0 fully saturated rings. The highest BCUT2D eigenvalue weighted by Crippen LogP contribution is 1.69. The second kappa shape index (κ2) is 5.95. The summed E-state index contributed by atoms with van der Waals surface area (Å²) in [6, 6.07) is 0. The lowest BCUT2D eigenvalue weighted by molar-refractivity contribution is -0.332. The molecular formula is C4H4N2S3. The van der Waals surface area contributed by atoms with E-state index in [1.807, 2.05) is 0 Å². The predicted octanol–water partition coefficient (Wildman–Crippen LogP) is 0.666. The van der Waals surface area contributed by atoms with E-state index in [1.165, 1.54) is 3.98 Å². The highest BCUT2D eigenvalue weighted by Gasteiger charge is 1.83. The van der Waals surface area contributed by atoms with Crippen LogP contribution in [0.25, 0.3) is 0 Å². The summed E-state index contributed by atoms with van der Waals surface area (Å²) in [6.07, 6.45) is 0. The van der Waals surface area contributed by atoms with E-state index >= 15 is 0 Å². The van der Waals surface area contributed by atoms with E-state index in [4.69, 9.17) is 0 Å². The summed E-state index contributed by atoms with van der Waals surface area (Å²) in [6.45, 7) is 1.11. The van der Waals surface area contributed by atoms with Crippen LogP contribution in [0.5, 0.6) is 0 Å². The van der Waals surface area contributed by atoms with Crippen LogP contribution in [0.1, 0.15) is 0 Å². The zero-order valence-corrected chi connectivity index (χ0v) is 6.98. The fourth-order valence-electron chi connectivity index (χ4n) is 0.232. The van der Waals surface area contributed by atoms with Crippen LogP contribution in [0.15, 0.2) is 4.99 Å². The van der Waals surface area contributed by atoms with E-state index in [0.717, 1.165) is 0 Å². The standard InChI is InChI=1S/C4H4N2S3/c7-3-5-1-2-6(9)4-8/h1-2H2. The van der Waals surface area contributed by atoms with Crippen molar-refractivity contribution in [2.24, 2.45) is 4.99 Å². The van der Waals surface area contributed by atoms with Crippen LogP contribution < -0.4 is 0 Å². The first kappa shape index (κ1) is 8.82. The number of aliphatic imine (C=N–C) groups is 1. The normalized spacial score (nSPS) is 7.11. The first-order chi connectivity index (χ1) is 4.31. The van der Waals surface area contributed by atoms with E-state index in [0.29, 0.717) is 13.1 Å². The maximum atomic E-state index is 4.65. The van der Waals surface area contributed by atoms with Crippen LogP contribution in [0.3, 0.4) is 0 Å². The molecule has 0 aliphatic heterocycles. The third-order valence-electron chi connectivity index (χ3n) is 0.581. The lowest BCUT2D eigenvalue weighted by Gasteiger charge is -1.94. The van der Waals surface area contributed by atoms with Crippen molar-refractivity contribution < 1.29 is 3.98 Å². The summed E-state index contributed by atoms with van der Waals surface area (Å²) < 4.78 is 1.32. The van der Waals surface area contributed by atoms with Gasteiger partial charge < -0.3 is 12.8 Å². The van der Waals surface area contributed by atoms with Gasteiger partial charge in [0.1, 0.15) is 6.54 Å². The number of nitrogens with zero attached hydrogens (tertiary/aromatic N) is 2. The van der Waals surface area contributed by atoms with Gasteiger partial charge in [-0.05, 0) is 12.2 Å². The molecule has 9 heavy (non-hydrogen) atoms. The smallest absolute Gasteiger partial charge is 0.232 e. The van der Waals surface area contributed by atoms with Crippen LogP contribution in [-0.4, -0.2) is 27.4 Å². The summed E-state index contributed by atoms with van der Waals surface area (Å²) in [5, 5.41) is 4.55. The maximum absolute atomic E-state index is 4.65. The Balaban J connectivity index is 3.51. The molecule has 0 N–H and O–H groups in total. The Morgan fingerprint density at radius 3 is 2.67 bits per heavy atom. The molecule has 0 aliphatic carbocycles. The number of thiocarbonyl (C=S) groups is 2. The molecule has 0 saturated carbocycles. The zero-order chi connectivity index (χ0) is 7.11. The third-order valence-corrected chi connectivity index (χ3v) is 1.32. The van der Waals surface area contributed by atoms with Gasteiger partial charge in [0.15, 0.2) is 6.54 Å². The largest absolute Gasteiger partial charge is 0.421 e.